The highest BCUT2D eigenvalue weighted by atomic mass is 32.2. The second-order valence-electron chi connectivity index (χ2n) is 8.90. The molecule has 192 valence electrons. The van der Waals surface area contributed by atoms with Gasteiger partial charge in [0.25, 0.3) is 11.2 Å². The molecule has 0 aliphatic heterocycles. The topological polar surface area (TPSA) is 83.0 Å². The van der Waals surface area contributed by atoms with E-state index < -0.39 is 4.92 Å². The summed E-state index contributed by atoms with van der Waals surface area (Å²) in [6.45, 7) is 4.50. The molecule has 5 rings (SSSR count). The van der Waals surface area contributed by atoms with Crippen molar-refractivity contribution in [2.24, 2.45) is 0 Å². The van der Waals surface area contributed by atoms with Crippen LogP contribution in [0.1, 0.15) is 22.3 Å². The Balaban J connectivity index is 1.63. The Morgan fingerprint density at radius 1 is 1.00 bits per heavy atom. The molecule has 0 aliphatic rings. The Morgan fingerprint density at radius 3 is 2.39 bits per heavy atom. The van der Waals surface area contributed by atoms with E-state index in [9.17, 15) is 14.9 Å². The van der Waals surface area contributed by atoms with Gasteiger partial charge in [-0.2, -0.15) is 0 Å². The maximum Gasteiger partial charge on any atom is 0.273 e. The molecule has 0 amide bonds. The van der Waals surface area contributed by atoms with E-state index in [0.717, 1.165) is 27.9 Å². The van der Waals surface area contributed by atoms with Crippen molar-refractivity contribution in [1.29, 1.82) is 0 Å². The molecule has 38 heavy (non-hydrogen) atoms. The monoisotopic (exact) mass is 560 g/mol. The normalized spacial score (nSPS) is 11.2. The lowest BCUT2D eigenvalue weighted by Gasteiger charge is -2.15. The molecule has 3 aromatic carbocycles. The third-order valence-electron chi connectivity index (χ3n) is 6.28. The number of thiazole rings is 1. The number of aryl methyl sites for hydroxylation is 3. The van der Waals surface area contributed by atoms with Crippen molar-refractivity contribution in [2.75, 3.05) is 0 Å². The Morgan fingerprint density at radius 2 is 1.68 bits per heavy atom. The van der Waals surface area contributed by atoms with Crippen LogP contribution in [0.15, 0.2) is 82.7 Å². The largest absolute Gasteiger partial charge is 0.286 e. The van der Waals surface area contributed by atoms with Gasteiger partial charge in [-0.25, -0.2) is 4.98 Å². The van der Waals surface area contributed by atoms with Gasteiger partial charge in [0.15, 0.2) is 14.8 Å². The summed E-state index contributed by atoms with van der Waals surface area (Å²) >= 11 is 8.42. The van der Waals surface area contributed by atoms with Crippen LogP contribution >= 0.6 is 35.3 Å². The summed E-state index contributed by atoms with van der Waals surface area (Å²) in [5.41, 5.74) is 5.37. The molecule has 2 aromatic heterocycles. The molecular formula is C28H24N4O3S3. The SMILES string of the molecule is Cc1cccc(C)c1-n1c(=S)sc2c(=O)n(CCc3ccccc3)c(SCc3cccc([N+](=O)[O-])c3)nc21. The minimum atomic E-state index is -0.405. The number of hydrogen-bond acceptors (Lipinski definition) is 7. The third kappa shape index (κ3) is 5.20. The van der Waals surface area contributed by atoms with Gasteiger partial charge in [0.1, 0.15) is 4.70 Å². The first-order chi connectivity index (χ1) is 18.3. The van der Waals surface area contributed by atoms with Gasteiger partial charge in [-0.3, -0.25) is 24.0 Å². The lowest BCUT2D eigenvalue weighted by molar-refractivity contribution is -0.384. The molecule has 2 heterocycles. The van der Waals surface area contributed by atoms with Crippen LogP contribution in [0.25, 0.3) is 16.0 Å². The Labute approximate surface area is 232 Å². The van der Waals surface area contributed by atoms with Crippen molar-refractivity contribution in [1.82, 2.24) is 14.1 Å². The summed E-state index contributed by atoms with van der Waals surface area (Å²) in [6, 6.07) is 22.6. The molecule has 5 aromatic rings. The highest BCUT2D eigenvalue weighted by molar-refractivity contribution is 7.98. The summed E-state index contributed by atoms with van der Waals surface area (Å²) in [7, 11) is 0. The fraction of sp³-hybridized carbons (Fsp3) is 0.179. The number of rotatable bonds is 8. The summed E-state index contributed by atoms with van der Waals surface area (Å²) in [4.78, 5) is 29.7. The van der Waals surface area contributed by atoms with Crippen molar-refractivity contribution < 1.29 is 4.92 Å². The van der Waals surface area contributed by atoms with Crippen molar-refractivity contribution >= 4 is 51.4 Å². The predicted molar refractivity (Wildman–Crippen MR) is 156 cm³/mol. The molecule has 0 unspecified atom stereocenters. The Bertz CT molecular complexity index is 1750. The number of fused-ring (bicyclic) bond motifs is 1. The maximum absolute atomic E-state index is 13.9. The van der Waals surface area contributed by atoms with E-state index in [0.29, 0.717) is 38.2 Å². The van der Waals surface area contributed by atoms with Crippen molar-refractivity contribution in [3.8, 4) is 5.69 Å². The van der Waals surface area contributed by atoms with Gasteiger partial charge < -0.3 is 0 Å². The zero-order valence-electron chi connectivity index (χ0n) is 20.8. The van der Waals surface area contributed by atoms with Gasteiger partial charge >= 0.3 is 0 Å². The first-order valence-corrected chi connectivity index (χ1v) is 14.2. The van der Waals surface area contributed by atoms with Crippen molar-refractivity contribution in [3.63, 3.8) is 0 Å². The fourth-order valence-corrected chi connectivity index (χ4v) is 6.68. The van der Waals surface area contributed by atoms with E-state index in [2.05, 4.69) is 0 Å². The average molecular weight is 561 g/mol. The molecular weight excluding hydrogens is 537 g/mol. The van der Waals surface area contributed by atoms with Gasteiger partial charge in [-0.1, -0.05) is 83.8 Å². The second-order valence-corrected chi connectivity index (χ2v) is 11.5. The molecule has 0 bridgehead atoms. The molecule has 0 spiro atoms. The Hall–Kier alpha value is -3.60. The minimum absolute atomic E-state index is 0.0365. The number of para-hydroxylation sites is 1. The van der Waals surface area contributed by atoms with Gasteiger partial charge in [0.2, 0.25) is 0 Å². The van der Waals surface area contributed by atoms with E-state index in [-0.39, 0.29) is 11.2 Å². The third-order valence-corrected chi connectivity index (χ3v) is 8.68. The highest BCUT2D eigenvalue weighted by Crippen LogP contribution is 2.30. The van der Waals surface area contributed by atoms with Crippen LogP contribution in [-0.4, -0.2) is 19.0 Å². The van der Waals surface area contributed by atoms with E-state index in [1.54, 1.807) is 16.7 Å². The minimum Gasteiger partial charge on any atom is -0.286 e. The van der Waals surface area contributed by atoms with Crippen LogP contribution in [0.3, 0.4) is 0 Å². The predicted octanol–water partition coefficient (Wildman–Crippen LogP) is 7.04. The van der Waals surface area contributed by atoms with Crippen LogP contribution in [-0.2, 0) is 18.7 Å². The van der Waals surface area contributed by atoms with E-state index in [1.807, 2.05) is 73.0 Å². The number of nitro groups is 1. The van der Waals surface area contributed by atoms with E-state index in [4.69, 9.17) is 17.2 Å². The van der Waals surface area contributed by atoms with E-state index >= 15 is 0 Å². The molecule has 0 N–H and O–H groups in total. The molecule has 0 atom stereocenters. The van der Waals surface area contributed by atoms with Gasteiger partial charge in [-0.05, 0) is 54.7 Å². The summed E-state index contributed by atoms with van der Waals surface area (Å²) < 4.78 is 4.70. The number of nitrogens with zero attached hydrogens (tertiary/aromatic N) is 4. The maximum atomic E-state index is 13.9. The fourth-order valence-electron chi connectivity index (χ4n) is 4.42. The highest BCUT2D eigenvalue weighted by Gasteiger charge is 2.20. The zero-order valence-corrected chi connectivity index (χ0v) is 23.2. The molecule has 0 radical (unpaired) electrons. The van der Waals surface area contributed by atoms with Crippen molar-refractivity contribution in [3.05, 3.63) is 119 Å². The molecule has 0 saturated heterocycles. The molecule has 0 aliphatic carbocycles. The number of thioether (sulfide) groups is 1. The van der Waals surface area contributed by atoms with E-state index in [1.165, 1.54) is 29.2 Å². The molecule has 0 saturated carbocycles. The van der Waals surface area contributed by atoms with Gasteiger partial charge in [-0.15, -0.1) is 0 Å². The smallest absolute Gasteiger partial charge is 0.273 e. The first kappa shape index (κ1) is 26.0. The molecule has 10 heteroatoms. The van der Waals surface area contributed by atoms with Gasteiger partial charge in [0, 0.05) is 24.4 Å². The first-order valence-electron chi connectivity index (χ1n) is 12.0. The second kappa shape index (κ2) is 11.0. The van der Waals surface area contributed by atoms with Crippen molar-refractivity contribution in [2.45, 2.75) is 37.7 Å². The summed E-state index contributed by atoms with van der Waals surface area (Å²) in [6.07, 6.45) is 0.668. The molecule has 0 fully saturated rings. The van der Waals surface area contributed by atoms with Gasteiger partial charge in [0.05, 0.1) is 10.6 Å². The lowest BCUT2D eigenvalue weighted by atomic mass is 10.1. The van der Waals surface area contributed by atoms with Crippen LogP contribution in [0.5, 0.6) is 0 Å². The number of hydrogen-bond donors (Lipinski definition) is 0. The summed E-state index contributed by atoms with van der Waals surface area (Å²) in [5, 5.41) is 11.8. The average Bonchev–Trinajstić information content (AvgIpc) is 3.23. The van der Waals surface area contributed by atoms with Crippen LogP contribution < -0.4 is 5.56 Å². The van der Waals surface area contributed by atoms with Crippen LogP contribution in [0.4, 0.5) is 5.69 Å². The van der Waals surface area contributed by atoms with Crippen LogP contribution in [0, 0.1) is 27.9 Å². The van der Waals surface area contributed by atoms with Crippen LogP contribution in [0.2, 0.25) is 0 Å². The lowest BCUT2D eigenvalue weighted by Crippen LogP contribution is -2.24. The number of non-ortho nitro benzene ring substituents is 1. The number of aromatic nitrogens is 3. The summed E-state index contributed by atoms with van der Waals surface area (Å²) in [5.74, 6) is 0.430. The zero-order chi connectivity index (χ0) is 26.8. The molecule has 7 nitrogen and oxygen atoms in total. The Kier molecular flexibility index (Phi) is 7.55. The number of benzene rings is 3. The quantitative estimate of drug-likeness (QED) is 0.0666. The number of nitro benzene ring substituents is 1. The standard InChI is InChI=1S/C28H24N4O3S3/c1-18-8-6-9-19(2)23(18)31-25-24(38-28(31)36)26(33)30(15-14-20-10-4-3-5-11-20)27(29-25)37-17-21-12-7-13-22(16-21)32(34)35/h3-13,16H,14-15,17H2,1-2H3.